The van der Waals surface area contributed by atoms with Crippen LogP contribution in [0.1, 0.15) is 26.6 Å². The molecule has 0 aliphatic carbocycles. The number of hydrogen-bond acceptors (Lipinski definition) is 4. The van der Waals surface area contributed by atoms with Crippen LogP contribution in [0.5, 0.6) is 0 Å². The van der Waals surface area contributed by atoms with Crippen molar-refractivity contribution >= 4 is 33.2 Å². The van der Waals surface area contributed by atoms with Gasteiger partial charge in [-0.1, -0.05) is 33.6 Å². The summed E-state index contributed by atoms with van der Waals surface area (Å²) in [6, 6.07) is 4.57. The average Bonchev–Trinajstić information content (AvgIpc) is 2.81. The standard InChI is InChI=1S/C13H14BrClN4O2/c1-13(2,3)18-10(7-14)16-17-12(18)11-8(15)5-4-6-9(11)19(20)21/h4-6H,7H2,1-3H3. The molecule has 0 saturated carbocycles. The van der Waals surface area contributed by atoms with Crippen molar-refractivity contribution in [2.24, 2.45) is 0 Å². The Bertz CT molecular complexity index is 694. The molecule has 1 aromatic heterocycles. The Morgan fingerprint density at radius 2 is 2.05 bits per heavy atom. The van der Waals surface area contributed by atoms with Gasteiger partial charge in [0.2, 0.25) is 0 Å². The fraction of sp³-hybridized carbons (Fsp3) is 0.385. The second-order valence-corrected chi connectivity index (χ2v) is 6.44. The number of nitro benzene ring substituents is 1. The van der Waals surface area contributed by atoms with Crippen molar-refractivity contribution in [3.63, 3.8) is 0 Å². The molecule has 0 radical (unpaired) electrons. The molecule has 0 unspecified atom stereocenters. The van der Waals surface area contributed by atoms with E-state index in [9.17, 15) is 10.1 Å². The van der Waals surface area contributed by atoms with Crippen molar-refractivity contribution in [3.05, 3.63) is 39.2 Å². The van der Waals surface area contributed by atoms with Gasteiger partial charge in [-0.3, -0.25) is 10.1 Å². The van der Waals surface area contributed by atoms with Crippen LogP contribution >= 0.6 is 27.5 Å². The van der Waals surface area contributed by atoms with E-state index in [1.165, 1.54) is 6.07 Å². The first-order chi connectivity index (χ1) is 9.77. The lowest BCUT2D eigenvalue weighted by atomic mass is 10.1. The van der Waals surface area contributed by atoms with Gasteiger partial charge in [0.25, 0.3) is 5.69 Å². The zero-order valence-corrected chi connectivity index (χ0v) is 14.1. The van der Waals surface area contributed by atoms with Gasteiger partial charge in [-0.15, -0.1) is 10.2 Å². The van der Waals surface area contributed by atoms with Gasteiger partial charge in [-0.2, -0.15) is 0 Å². The highest BCUT2D eigenvalue weighted by molar-refractivity contribution is 9.08. The number of benzene rings is 1. The number of rotatable bonds is 3. The molecular formula is C13H14BrClN4O2. The molecule has 112 valence electrons. The zero-order valence-electron chi connectivity index (χ0n) is 11.8. The van der Waals surface area contributed by atoms with Gasteiger partial charge in [0.05, 0.1) is 15.3 Å². The highest BCUT2D eigenvalue weighted by Gasteiger charge is 2.29. The van der Waals surface area contributed by atoms with Crippen LogP contribution in [-0.4, -0.2) is 19.7 Å². The Morgan fingerprint density at radius 3 is 2.57 bits per heavy atom. The molecule has 21 heavy (non-hydrogen) atoms. The van der Waals surface area contributed by atoms with Gasteiger partial charge < -0.3 is 4.57 Å². The molecule has 2 rings (SSSR count). The van der Waals surface area contributed by atoms with Gasteiger partial charge in [-0.25, -0.2) is 0 Å². The third-order valence-corrected chi connectivity index (χ3v) is 3.75. The summed E-state index contributed by atoms with van der Waals surface area (Å²) in [5, 5.41) is 20.3. The van der Waals surface area contributed by atoms with Crippen LogP contribution in [0.25, 0.3) is 11.4 Å². The molecule has 1 heterocycles. The molecule has 0 N–H and O–H groups in total. The monoisotopic (exact) mass is 372 g/mol. The predicted octanol–water partition coefficient (Wildman–Crippen LogP) is 4.16. The van der Waals surface area contributed by atoms with Crippen LogP contribution in [0.15, 0.2) is 18.2 Å². The normalized spacial score (nSPS) is 11.7. The summed E-state index contributed by atoms with van der Waals surface area (Å²) in [7, 11) is 0. The van der Waals surface area contributed by atoms with Crippen molar-refractivity contribution in [1.82, 2.24) is 14.8 Å². The summed E-state index contributed by atoms with van der Waals surface area (Å²) in [6.07, 6.45) is 0. The predicted molar refractivity (Wildman–Crippen MR) is 84.7 cm³/mol. The second-order valence-electron chi connectivity index (χ2n) is 5.47. The highest BCUT2D eigenvalue weighted by atomic mass is 79.9. The van der Waals surface area contributed by atoms with Crippen molar-refractivity contribution in [3.8, 4) is 11.4 Å². The Morgan fingerprint density at radius 1 is 1.38 bits per heavy atom. The van der Waals surface area contributed by atoms with Crippen molar-refractivity contribution < 1.29 is 4.92 Å². The van der Waals surface area contributed by atoms with E-state index in [2.05, 4.69) is 26.1 Å². The quantitative estimate of drug-likeness (QED) is 0.460. The minimum Gasteiger partial charge on any atom is -0.305 e. The summed E-state index contributed by atoms with van der Waals surface area (Å²) in [5.74, 6) is 1.08. The number of aromatic nitrogens is 3. The number of halogens is 2. The minimum atomic E-state index is -0.462. The van der Waals surface area contributed by atoms with E-state index in [4.69, 9.17) is 11.6 Å². The van der Waals surface area contributed by atoms with Crippen molar-refractivity contribution in [1.29, 1.82) is 0 Å². The van der Waals surface area contributed by atoms with E-state index in [1.54, 1.807) is 12.1 Å². The Balaban J connectivity index is 2.80. The fourth-order valence-electron chi connectivity index (χ4n) is 2.16. The molecule has 0 aliphatic rings. The number of nitrogens with zero attached hydrogens (tertiary/aromatic N) is 4. The van der Waals surface area contributed by atoms with Gasteiger partial charge in [0.1, 0.15) is 11.4 Å². The molecule has 0 atom stereocenters. The van der Waals surface area contributed by atoms with E-state index in [0.29, 0.717) is 22.5 Å². The minimum absolute atomic E-state index is 0.0819. The number of nitro groups is 1. The lowest BCUT2D eigenvalue weighted by molar-refractivity contribution is -0.384. The third-order valence-electron chi connectivity index (χ3n) is 2.93. The van der Waals surface area contributed by atoms with Gasteiger partial charge in [0, 0.05) is 11.6 Å². The first-order valence-electron chi connectivity index (χ1n) is 6.21. The molecule has 2 aromatic rings. The summed E-state index contributed by atoms with van der Waals surface area (Å²) in [5.41, 5.74) is -0.130. The summed E-state index contributed by atoms with van der Waals surface area (Å²) >= 11 is 9.55. The number of alkyl halides is 1. The van der Waals surface area contributed by atoms with E-state index in [-0.39, 0.29) is 16.2 Å². The lowest BCUT2D eigenvalue weighted by Gasteiger charge is -2.24. The molecule has 0 aliphatic heterocycles. The van der Waals surface area contributed by atoms with E-state index < -0.39 is 4.92 Å². The van der Waals surface area contributed by atoms with Gasteiger partial charge in [0.15, 0.2) is 5.82 Å². The second kappa shape index (κ2) is 5.73. The topological polar surface area (TPSA) is 73.8 Å². The number of hydrogen-bond donors (Lipinski definition) is 0. The molecular weight excluding hydrogens is 360 g/mol. The maximum atomic E-state index is 11.3. The summed E-state index contributed by atoms with van der Waals surface area (Å²) < 4.78 is 1.86. The van der Waals surface area contributed by atoms with Gasteiger partial charge in [-0.05, 0) is 26.8 Å². The largest absolute Gasteiger partial charge is 0.305 e. The maximum absolute atomic E-state index is 11.3. The molecule has 0 amide bonds. The molecule has 0 bridgehead atoms. The van der Waals surface area contributed by atoms with E-state index in [1.807, 2.05) is 25.3 Å². The van der Waals surface area contributed by atoms with Crippen LogP contribution in [0.2, 0.25) is 5.02 Å². The smallest absolute Gasteiger partial charge is 0.281 e. The molecule has 8 heteroatoms. The maximum Gasteiger partial charge on any atom is 0.281 e. The highest BCUT2D eigenvalue weighted by Crippen LogP contribution is 2.37. The summed E-state index contributed by atoms with van der Waals surface area (Å²) in [4.78, 5) is 10.8. The first kappa shape index (κ1) is 15.9. The Kier molecular flexibility index (Phi) is 4.34. The molecule has 0 saturated heterocycles. The zero-order chi connectivity index (χ0) is 15.8. The molecule has 0 fully saturated rings. The van der Waals surface area contributed by atoms with Crippen LogP contribution < -0.4 is 0 Å². The third kappa shape index (κ3) is 2.94. The van der Waals surface area contributed by atoms with E-state index >= 15 is 0 Å². The fourth-order valence-corrected chi connectivity index (χ4v) is 2.77. The van der Waals surface area contributed by atoms with Gasteiger partial charge >= 0.3 is 0 Å². The van der Waals surface area contributed by atoms with Crippen molar-refractivity contribution in [2.45, 2.75) is 31.6 Å². The lowest BCUT2D eigenvalue weighted by Crippen LogP contribution is -2.25. The SMILES string of the molecule is CC(C)(C)n1c(CBr)nnc1-c1c(Cl)cccc1[N+](=O)[O-]. The first-order valence-corrected chi connectivity index (χ1v) is 7.71. The molecule has 6 nitrogen and oxygen atoms in total. The van der Waals surface area contributed by atoms with E-state index in [0.717, 1.165) is 0 Å². The summed E-state index contributed by atoms with van der Waals surface area (Å²) in [6.45, 7) is 5.94. The van der Waals surface area contributed by atoms with Crippen LogP contribution in [0.4, 0.5) is 5.69 Å². The Hall–Kier alpha value is -1.47. The molecule has 1 aromatic carbocycles. The van der Waals surface area contributed by atoms with Crippen LogP contribution in [0, 0.1) is 10.1 Å². The average molecular weight is 374 g/mol. The van der Waals surface area contributed by atoms with Crippen LogP contribution in [0.3, 0.4) is 0 Å². The van der Waals surface area contributed by atoms with Crippen LogP contribution in [-0.2, 0) is 10.9 Å². The molecule has 0 spiro atoms. The van der Waals surface area contributed by atoms with Crippen molar-refractivity contribution in [2.75, 3.05) is 0 Å². The Labute approximate surface area is 135 Å².